The maximum absolute atomic E-state index is 13.3. The Bertz CT molecular complexity index is 377. The van der Waals surface area contributed by atoms with E-state index >= 15 is 0 Å². The molecule has 0 unspecified atom stereocenters. The van der Waals surface area contributed by atoms with Crippen molar-refractivity contribution in [3.8, 4) is 5.75 Å². The molecular formula is C12H16FNO2. The summed E-state index contributed by atoms with van der Waals surface area (Å²) in [5.74, 6) is -0.144. The molecule has 0 saturated carbocycles. The van der Waals surface area contributed by atoms with Crippen molar-refractivity contribution in [1.29, 1.82) is 0 Å². The minimum absolute atomic E-state index is 0.112. The highest BCUT2D eigenvalue weighted by molar-refractivity contribution is 5.90. The minimum Gasteiger partial charge on any atom is -0.494 e. The third kappa shape index (κ3) is 3.53. The lowest BCUT2D eigenvalue weighted by Crippen LogP contribution is -2.13. The second-order valence-corrected chi connectivity index (χ2v) is 4.00. The number of hydrogen-bond acceptors (Lipinski definition) is 2. The molecule has 0 saturated heterocycles. The molecule has 16 heavy (non-hydrogen) atoms. The monoisotopic (exact) mass is 225 g/mol. The predicted octanol–water partition coefficient (Wildman–Crippen LogP) is 2.82. The lowest BCUT2D eigenvalue weighted by molar-refractivity contribution is -0.116. The number of ether oxygens (including phenoxy) is 1. The van der Waals surface area contributed by atoms with Crippen LogP contribution >= 0.6 is 0 Å². The van der Waals surface area contributed by atoms with E-state index < -0.39 is 5.82 Å². The van der Waals surface area contributed by atoms with Crippen LogP contribution in [0.2, 0.25) is 0 Å². The maximum atomic E-state index is 13.3. The molecule has 3 nitrogen and oxygen atoms in total. The quantitative estimate of drug-likeness (QED) is 0.855. The van der Waals surface area contributed by atoms with Crippen molar-refractivity contribution in [2.45, 2.75) is 20.3 Å². The molecule has 1 rings (SSSR count). The highest BCUT2D eigenvalue weighted by Gasteiger charge is 2.07. The first-order valence-electron chi connectivity index (χ1n) is 5.16. The molecule has 0 bridgehead atoms. The van der Waals surface area contributed by atoms with Crippen LogP contribution in [0.15, 0.2) is 18.2 Å². The molecule has 0 radical (unpaired) electrons. The van der Waals surface area contributed by atoms with Gasteiger partial charge < -0.3 is 10.1 Å². The number of hydrogen-bond donors (Lipinski definition) is 1. The van der Waals surface area contributed by atoms with Gasteiger partial charge in [-0.05, 0) is 18.1 Å². The van der Waals surface area contributed by atoms with Crippen LogP contribution in [0, 0.1) is 11.7 Å². The van der Waals surface area contributed by atoms with Crippen LogP contribution in [0.3, 0.4) is 0 Å². The van der Waals surface area contributed by atoms with E-state index in [1.54, 1.807) is 6.07 Å². The first-order chi connectivity index (χ1) is 7.52. The largest absolute Gasteiger partial charge is 0.494 e. The van der Waals surface area contributed by atoms with Crippen molar-refractivity contribution in [1.82, 2.24) is 0 Å². The predicted molar refractivity (Wildman–Crippen MR) is 61.0 cm³/mol. The smallest absolute Gasteiger partial charge is 0.224 e. The van der Waals surface area contributed by atoms with Gasteiger partial charge in [0, 0.05) is 18.2 Å². The Labute approximate surface area is 94.6 Å². The van der Waals surface area contributed by atoms with Crippen molar-refractivity contribution >= 4 is 11.6 Å². The average molecular weight is 225 g/mol. The Balaban J connectivity index is 2.68. The molecule has 1 aromatic rings. The minimum atomic E-state index is -0.482. The summed E-state index contributed by atoms with van der Waals surface area (Å²) in [6.07, 6.45) is 0.424. The molecule has 88 valence electrons. The standard InChI is InChI=1S/C12H16FNO2/c1-8(2)6-12(15)14-9-4-5-11(16-3)10(13)7-9/h4-5,7-8H,6H2,1-3H3,(H,14,15). The zero-order valence-corrected chi connectivity index (χ0v) is 9.71. The van der Waals surface area contributed by atoms with Crippen LogP contribution in [0.25, 0.3) is 0 Å². The highest BCUT2D eigenvalue weighted by atomic mass is 19.1. The van der Waals surface area contributed by atoms with Crippen molar-refractivity contribution in [2.75, 3.05) is 12.4 Å². The lowest BCUT2D eigenvalue weighted by Gasteiger charge is -2.08. The number of benzene rings is 1. The van der Waals surface area contributed by atoms with Crippen molar-refractivity contribution in [3.63, 3.8) is 0 Å². The molecule has 0 aliphatic rings. The molecule has 0 atom stereocenters. The molecule has 0 heterocycles. The van der Waals surface area contributed by atoms with E-state index in [4.69, 9.17) is 4.74 Å². The Morgan fingerprint density at radius 1 is 1.50 bits per heavy atom. The van der Waals surface area contributed by atoms with Gasteiger partial charge in [-0.3, -0.25) is 4.79 Å². The number of methoxy groups -OCH3 is 1. The van der Waals surface area contributed by atoms with Gasteiger partial charge in [0.1, 0.15) is 0 Å². The molecule has 4 heteroatoms. The summed E-state index contributed by atoms with van der Waals surface area (Å²) in [4.78, 5) is 11.4. The summed E-state index contributed by atoms with van der Waals surface area (Å²) in [7, 11) is 1.40. The zero-order chi connectivity index (χ0) is 12.1. The lowest BCUT2D eigenvalue weighted by atomic mass is 10.1. The van der Waals surface area contributed by atoms with Crippen LogP contribution in [-0.4, -0.2) is 13.0 Å². The van der Waals surface area contributed by atoms with E-state index in [1.807, 2.05) is 13.8 Å². The van der Waals surface area contributed by atoms with Gasteiger partial charge >= 0.3 is 0 Å². The van der Waals surface area contributed by atoms with Gasteiger partial charge in [0.2, 0.25) is 5.91 Å². The van der Waals surface area contributed by atoms with Crippen molar-refractivity contribution in [2.24, 2.45) is 5.92 Å². The fourth-order valence-electron chi connectivity index (χ4n) is 1.33. The van der Waals surface area contributed by atoms with E-state index in [0.717, 1.165) is 0 Å². The Morgan fingerprint density at radius 2 is 2.19 bits per heavy atom. The summed E-state index contributed by atoms with van der Waals surface area (Å²) in [6.45, 7) is 3.91. The molecular weight excluding hydrogens is 209 g/mol. The second kappa shape index (κ2) is 5.49. The number of nitrogens with one attached hydrogen (secondary N) is 1. The fourth-order valence-corrected chi connectivity index (χ4v) is 1.33. The Hall–Kier alpha value is -1.58. The maximum Gasteiger partial charge on any atom is 0.224 e. The normalized spacial score (nSPS) is 10.3. The number of carbonyl (C=O) groups excluding carboxylic acids is 1. The first-order valence-corrected chi connectivity index (χ1v) is 5.16. The van der Waals surface area contributed by atoms with Gasteiger partial charge in [0.05, 0.1) is 7.11 Å². The Morgan fingerprint density at radius 3 is 2.69 bits per heavy atom. The summed E-state index contributed by atoms with van der Waals surface area (Å²) >= 11 is 0. The van der Waals surface area contributed by atoms with E-state index in [-0.39, 0.29) is 17.6 Å². The summed E-state index contributed by atoms with van der Waals surface area (Å²) in [5.41, 5.74) is 0.448. The second-order valence-electron chi connectivity index (χ2n) is 4.00. The number of amides is 1. The molecule has 0 aliphatic heterocycles. The SMILES string of the molecule is COc1ccc(NC(=O)CC(C)C)cc1F. The number of rotatable bonds is 4. The molecule has 0 aliphatic carbocycles. The summed E-state index contributed by atoms with van der Waals surface area (Å²) in [5, 5.41) is 2.63. The number of carbonyl (C=O) groups is 1. The summed E-state index contributed by atoms with van der Waals surface area (Å²) in [6, 6.07) is 4.34. The molecule has 1 N–H and O–H groups in total. The van der Waals surface area contributed by atoms with Gasteiger partial charge in [0.15, 0.2) is 11.6 Å². The van der Waals surface area contributed by atoms with Gasteiger partial charge in [-0.2, -0.15) is 0 Å². The molecule has 0 fully saturated rings. The molecule has 0 aromatic heterocycles. The van der Waals surface area contributed by atoms with Crippen LogP contribution in [0.4, 0.5) is 10.1 Å². The van der Waals surface area contributed by atoms with E-state index in [2.05, 4.69) is 5.32 Å². The molecule has 1 aromatic carbocycles. The van der Waals surface area contributed by atoms with Crippen LogP contribution in [0.5, 0.6) is 5.75 Å². The average Bonchev–Trinajstić information content (AvgIpc) is 2.16. The van der Waals surface area contributed by atoms with E-state index in [9.17, 15) is 9.18 Å². The van der Waals surface area contributed by atoms with Gasteiger partial charge in [0.25, 0.3) is 0 Å². The van der Waals surface area contributed by atoms with Crippen molar-refractivity contribution < 1.29 is 13.9 Å². The van der Waals surface area contributed by atoms with Gasteiger partial charge in [-0.1, -0.05) is 13.8 Å². The third-order valence-electron chi connectivity index (χ3n) is 2.03. The van der Waals surface area contributed by atoms with Gasteiger partial charge in [-0.25, -0.2) is 4.39 Å². The van der Waals surface area contributed by atoms with Crippen LogP contribution in [0.1, 0.15) is 20.3 Å². The number of halogens is 1. The van der Waals surface area contributed by atoms with Crippen LogP contribution < -0.4 is 10.1 Å². The van der Waals surface area contributed by atoms with E-state index in [0.29, 0.717) is 12.1 Å². The fraction of sp³-hybridized carbons (Fsp3) is 0.417. The molecule has 1 amide bonds. The first kappa shape index (κ1) is 12.5. The summed E-state index contributed by atoms with van der Waals surface area (Å²) < 4.78 is 18.1. The van der Waals surface area contributed by atoms with Crippen LogP contribution in [-0.2, 0) is 4.79 Å². The van der Waals surface area contributed by atoms with Gasteiger partial charge in [-0.15, -0.1) is 0 Å². The molecule has 0 spiro atoms. The van der Waals surface area contributed by atoms with Crippen molar-refractivity contribution in [3.05, 3.63) is 24.0 Å². The number of anilines is 1. The topological polar surface area (TPSA) is 38.3 Å². The zero-order valence-electron chi connectivity index (χ0n) is 9.71. The highest BCUT2D eigenvalue weighted by Crippen LogP contribution is 2.20. The third-order valence-corrected chi connectivity index (χ3v) is 2.03. The Kier molecular flexibility index (Phi) is 4.28. The van der Waals surface area contributed by atoms with E-state index in [1.165, 1.54) is 19.2 Å².